The standard InChI is InChI=1S/C13H22N2O/c1-11(2)5-4-8-16-13-9-12(10-14-3)6-7-15-13/h6-7,9,11,14H,4-5,8,10H2,1-3H3. The van der Waals surface area contributed by atoms with Crippen LogP contribution in [0.1, 0.15) is 32.3 Å². The predicted molar refractivity (Wildman–Crippen MR) is 66.6 cm³/mol. The molecule has 0 amide bonds. The van der Waals surface area contributed by atoms with Crippen LogP contribution >= 0.6 is 0 Å². The van der Waals surface area contributed by atoms with Crippen molar-refractivity contribution < 1.29 is 4.74 Å². The highest BCUT2D eigenvalue weighted by atomic mass is 16.5. The molecule has 0 aliphatic carbocycles. The summed E-state index contributed by atoms with van der Waals surface area (Å²) in [5, 5.41) is 3.11. The van der Waals surface area contributed by atoms with Crippen LogP contribution in [0.3, 0.4) is 0 Å². The highest BCUT2D eigenvalue weighted by Gasteiger charge is 1.99. The Kier molecular flexibility index (Phi) is 5.86. The smallest absolute Gasteiger partial charge is 0.213 e. The molecule has 0 radical (unpaired) electrons. The predicted octanol–water partition coefficient (Wildman–Crippen LogP) is 2.62. The first kappa shape index (κ1) is 13.0. The van der Waals surface area contributed by atoms with Crippen molar-refractivity contribution in [1.82, 2.24) is 10.3 Å². The summed E-state index contributed by atoms with van der Waals surface area (Å²) in [6, 6.07) is 3.99. The van der Waals surface area contributed by atoms with Crippen molar-refractivity contribution in [3.63, 3.8) is 0 Å². The molecule has 0 bridgehead atoms. The van der Waals surface area contributed by atoms with Gasteiger partial charge in [0.15, 0.2) is 0 Å². The number of hydrogen-bond donors (Lipinski definition) is 1. The summed E-state index contributed by atoms with van der Waals surface area (Å²) in [5.41, 5.74) is 1.20. The van der Waals surface area contributed by atoms with Crippen LogP contribution < -0.4 is 10.1 Å². The fourth-order valence-corrected chi connectivity index (χ4v) is 1.51. The van der Waals surface area contributed by atoms with Crippen LogP contribution in [0.4, 0.5) is 0 Å². The Balaban J connectivity index is 2.33. The minimum absolute atomic E-state index is 0.733. The van der Waals surface area contributed by atoms with E-state index in [-0.39, 0.29) is 0 Å². The molecule has 3 nitrogen and oxygen atoms in total. The molecular formula is C13H22N2O. The zero-order valence-corrected chi connectivity index (χ0v) is 10.5. The summed E-state index contributed by atoms with van der Waals surface area (Å²) in [6.45, 7) is 6.07. The zero-order chi connectivity index (χ0) is 11.8. The molecule has 3 heteroatoms. The molecule has 0 fully saturated rings. The topological polar surface area (TPSA) is 34.2 Å². The van der Waals surface area contributed by atoms with Gasteiger partial charge in [-0.2, -0.15) is 0 Å². The minimum atomic E-state index is 0.733. The minimum Gasteiger partial charge on any atom is -0.478 e. The lowest BCUT2D eigenvalue weighted by Crippen LogP contribution is -2.06. The molecule has 0 atom stereocenters. The van der Waals surface area contributed by atoms with Gasteiger partial charge in [0.2, 0.25) is 5.88 Å². The second kappa shape index (κ2) is 7.23. The van der Waals surface area contributed by atoms with Gasteiger partial charge in [-0.15, -0.1) is 0 Å². The van der Waals surface area contributed by atoms with Crippen molar-refractivity contribution >= 4 is 0 Å². The van der Waals surface area contributed by atoms with Crippen LogP contribution in [0.2, 0.25) is 0 Å². The van der Waals surface area contributed by atoms with Crippen molar-refractivity contribution in [2.24, 2.45) is 5.92 Å². The lowest BCUT2D eigenvalue weighted by molar-refractivity contribution is 0.287. The highest BCUT2D eigenvalue weighted by molar-refractivity contribution is 5.20. The van der Waals surface area contributed by atoms with Gasteiger partial charge >= 0.3 is 0 Å². The third kappa shape index (κ3) is 5.12. The van der Waals surface area contributed by atoms with E-state index >= 15 is 0 Å². The van der Waals surface area contributed by atoms with Crippen molar-refractivity contribution in [2.75, 3.05) is 13.7 Å². The Hall–Kier alpha value is -1.09. The summed E-state index contributed by atoms with van der Waals surface area (Å²) >= 11 is 0. The molecular weight excluding hydrogens is 200 g/mol. The second-order valence-electron chi connectivity index (χ2n) is 4.42. The van der Waals surface area contributed by atoms with Crippen LogP contribution in [0, 0.1) is 5.92 Å². The molecule has 0 unspecified atom stereocenters. The Bertz CT molecular complexity index is 300. The summed E-state index contributed by atoms with van der Waals surface area (Å²) in [5.74, 6) is 1.48. The van der Waals surface area contributed by atoms with E-state index in [9.17, 15) is 0 Å². The van der Waals surface area contributed by atoms with Gasteiger partial charge in [-0.3, -0.25) is 0 Å². The van der Waals surface area contributed by atoms with Crippen LogP contribution in [-0.4, -0.2) is 18.6 Å². The first-order chi connectivity index (χ1) is 7.72. The van der Waals surface area contributed by atoms with Gasteiger partial charge in [0.05, 0.1) is 6.61 Å². The molecule has 1 N–H and O–H groups in total. The van der Waals surface area contributed by atoms with E-state index in [1.54, 1.807) is 6.20 Å². The zero-order valence-electron chi connectivity index (χ0n) is 10.5. The van der Waals surface area contributed by atoms with Gasteiger partial charge < -0.3 is 10.1 Å². The van der Waals surface area contributed by atoms with Gasteiger partial charge in [-0.25, -0.2) is 4.98 Å². The molecule has 1 aromatic heterocycles. The first-order valence-electron chi connectivity index (χ1n) is 5.94. The molecule has 0 aliphatic rings. The number of ether oxygens (including phenoxy) is 1. The number of rotatable bonds is 7. The molecule has 1 heterocycles. The maximum absolute atomic E-state index is 5.60. The Morgan fingerprint density at radius 3 is 2.94 bits per heavy atom. The average molecular weight is 222 g/mol. The molecule has 0 aromatic carbocycles. The summed E-state index contributed by atoms with van der Waals surface area (Å²) in [4.78, 5) is 4.19. The van der Waals surface area contributed by atoms with Crippen LogP contribution in [-0.2, 0) is 6.54 Å². The summed E-state index contributed by atoms with van der Waals surface area (Å²) in [7, 11) is 1.93. The SMILES string of the molecule is CNCc1ccnc(OCCCC(C)C)c1. The number of aromatic nitrogens is 1. The van der Waals surface area contributed by atoms with Crippen molar-refractivity contribution in [1.29, 1.82) is 0 Å². The molecule has 90 valence electrons. The van der Waals surface area contributed by atoms with Crippen molar-refractivity contribution in [3.05, 3.63) is 23.9 Å². The van der Waals surface area contributed by atoms with Gasteiger partial charge in [0.25, 0.3) is 0 Å². The molecule has 1 rings (SSSR count). The number of nitrogens with one attached hydrogen (secondary N) is 1. The second-order valence-corrected chi connectivity index (χ2v) is 4.42. The van der Waals surface area contributed by atoms with Gasteiger partial charge in [0, 0.05) is 18.8 Å². The maximum atomic E-state index is 5.60. The van der Waals surface area contributed by atoms with E-state index in [2.05, 4.69) is 24.1 Å². The largest absolute Gasteiger partial charge is 0.478 e. The Labute approximate surface area is 98.2 Å². The highest BCUT2D eigenvalue weighted by Crippen LogP contribution is 2.10. The lowest BCUT2D eigenvalue weighted by atomic mass is 10.1. The monoisotopic (exact) mass is 222 g/mol. The lowest BCUT2D eigenvalue weighted by Gasteiger charge is -2.08. The molecule has 0 saturated carbocycles. The van der Waals surface area contributed by atoms with E-state index in [0.717, 1.165) is 31.4 Å². The van der Waals surface area contributed by atoms with Crippen LogP contribution in [0.15, 0.2) is 18.3 Å². The molecule has 0 aliphatic heterocycles. The quantitative estimate of drug-likeness (QED) is 0.720. The fourth-order valence-electron chi connectivity index (χ4n) is 1.51. The summed E-state index contributed by atoms with van der Waals surface area (Å²) < 4.78 is 5.60. The average Bonchev–Trinajstić information content (AvgIpc) is 2.25. The third-order valence-corrected chi connectivity index (χ3v) is 2.36. The van der Waals surface area contributed by atoms with E-state index < -0.39 is 0 Å². The Morgan fingerprint density at radius 2 is 2.25 bits per heavy atom. The fraction of sp³-hybridized carbons (Fsp3) is 0.615. The molecule has 0 saturated heterocycles. The number of hydrogen-bond acceptors (Lipinski definition) is 3. The normalized spacial score (nSPS) is 10.8. The van der Waals surface area contributed by atoms with Crippen molar-refractivity contribution in [3.8, 4) is 5.88 Å². The maximum Gasteiger partial charge on any atom is 0.213 e. The van der Waals surface area contributed by atoms with Gasteiger partial charge in [-0.1, -0.05) is 13.8 Å². The first-order valence-corrected chi connectivity index (χ1v) is 5.94. The van der Waals surface area contributed by atoms with Gasteiger partial charge in [-0.05, 0) is 37.4 Å². The third-order valence-electron chi connectivity index (χ3n) is 2.36. The molecule has 0 spiro atoms. The van der Waals surface area contributed by atoms with E-state index in [1.165, 1.54) is 12.0 Å². The van der Waals surface area contributed by atoms with Crippen LogP contribution in [0.25, 0.3) is 0 Å². The van der Waals surface area contributed by atoms with E-state index in [1.807, 2.05) is 19.2 Å². The van der Waals surface area contributed by atoms with E-state index in [4.69, 9.17) is 4.74 Å². The van der Waals surface area contributed by atoms with Crippen molar-refractivity contribution in [2.45, 2.75) is 33.2 Å². The number of nitrogens with zero attached hydrogens (tertiary/aromatic N) is 1. The molecule has 1 aromatic rings. The summed E-state index contributed by atoms with van der Waals surface area (Å²) in [6.07, 6.45) is 4.09. The molecule has 16 heavy (non-hydrogen) atoms. The Morgan fingerprint density at radius 1 is 1.44 bits per heavy atom. The van der Waals surface area contributed by atoms with E-state index in [0.29, 0.717) is 0 Å². The van der Waals surface area contributed by atoms with Gasteiger partial charge in [0.1, 0.15) is 0 Å². The van der Waals surface area contributed by atoms with Crippen LogP contribution in [0.5, 0.6) is 5.88 Å². The number of pyridine rings is 1.